The first kappa shape index (κ1) is 20.8. The number of carbonyl (C=O) groups is 3. The number of esters is 1. The number of nitrogens with one attached hydrogen (secondary N) is 2. The van der Waals surface area contributed by atoms with Gasteiger partial charge in [-0.15, -0.1) is 11.8 Å². The lowest BCUT2D eigenvalue weighted by atomic mass is 10.2. The highest BCUT2D eigenvalue weighted by molar-refractivity contribution is 7.98. The van der Waals surface area contributed by atoms with E-state index in [1.807, 2.05) is 18.4 Å². The minimum absolute atomic E-state index is 0.0467. The van der Waals surface area contributed by atoms with E-state index in [9.17, 15) is 14.4 Å². The Bertz CT molecular complexity index is 596. The Morgan fingerprint density at radius 1 is 1.12 bits per heavy atom. The number of ether oxygens (including phenoxy) is 2. The van der Waals surface area contributed by atoms with Crippen molar-refractivity contribution in [2.75, 3.05) is 24.7 Å². The molecule has 0 radical (unpaired) electrons. The van der Waals surface area contributed by atoms with Crippen LogP contribution in [0.4, 0.5) is 10.5 Å². The fourth-order valence-electron chi connectivity index (χ4n) is 1.67. The maximum Gasteiger partial charge on any atom is 0.407 e. The molecule has 0 unspecified atom stereocenters. The third-order valence-electron chi connectivity index (χ3n) is 2.74. The van der Waals surface area contributed by atoms with Crippen LogP contribution >= 0.6 is 11.8 Å². The van der Waals surface area contributed by atoms with Gasteiger partial charge in [0.2, 0.25) is 0 Å². The number of hydrogen-bond donors (Lipinski definition) is 2. The van der Waals surface area contributed by atoms with E-state index in [1.165, 1.54) is 0 Å². The first-order valence-electron chi connectivity index (χ1n) is 7.76. The van der Waals surface area contributed by atoms with Gasteiger partial charge in [-0.2, -0.15) is 0 Å². The lowest BCUT2D eigenvalue weighted by Crippen LogP contribution is -2.34. The molecule has 25 heavy (non-hydrogen) atoms. The molecule has 0 atom stereocenters. The number of anilines is 1. The zero-order valence-corrected chi connectivity index (χ0v) is 15.7. The molecule has 2 amide bonds. The number of hydrogen-bond acceptors (Lipinski definition) is 6. The van der Waals surface area contributed by atoms with E-state index >= 15 is 0 Å². The van der Waals surface area contributed by atoms with Gasteiger partial charge in [0.15, 0.2) is 6.61 Å². The van der Waals surface area contributed by atoms with E-state index in [2.05, 4.69) is 10.6 Å². The van der Waals surface area contributed by atoms with Crippen molar-refractivity contribution in [3.63, 3.8) is 0 Å². The highest BCUT2D eigenvalue weighted by Crippen LogP contribution is 2.17. The minimum atomic E-state index is -0.605. The van der Waals surface area contributed by atoms with Gasteiger partial charge in [-0.05, 0) is 51.3 Å². The van der Waals surface area contributed by atoms with E-state index in [-0.39, 0.29) is 19.6 Å². The topological polar surface area (TPSA) is 93.7 Å². The normalized spacial score (nSPS) is 10.7. The number of rotatable bonds is 7. The lowest BCUT2D eigenvalue weighted by Gasteiger charge is -2.19. The molecule has 0 saturated heterocycles. The van der Waals surface area contributed by atoms with E-state index < -0.39 is 23.6 Å². The van der Waals surface area contributed by atoms with Crippen molar-refractivity contribution >= 4 is 35.4 Å². The van der Waals surface area contributed by atoms with Gasteiger partial charge in [0.05, 0.1) is 6.42 Å². The maximum atomic E-state index is 11.7. The quantitative estimate of drug-likeness (QED) is 0.568. The van der Waals surface area contributed by atoms with Gasteiger partial charge in [-0.1, -0.05) is 0 Å². The number of benzene rings is 1. The molecule has 138 valence electrons. The lowest BCUT2D eigenvalue weighted by molar-refractivity contribution is -0.147. The summed E-state index contributed by atoms with van der Waals surface area (Å²) in [6.45, 7) is 4.93. The number of carbonyl (C=O) groups excluding carboxylic acids is 3. The average molecular weight is 368 g/mol. The van der Waals surface area contributed by atoms with Crippen molar-refractivity contribution in [1.29, 1.82) is 0 Å². The first-order valence-corrected chi connectivity index (χ1v) is 8.98. The Kier molecular flexibility index (Phi) is 8.27. The maximum absolute atomic E-state index is 11.7. The Hall–Kier alpha value is -2.22. The van der Waals surface area contributed by atoms with Crippen molar-refractivity contribution in [3.05, 3.63) is 24.3 Å². The molecular formula is C17H24N2O5S. The molecule has 0 bridgehead atoms. The molecule has 1 aromatic rings. The number of amides is 2. The smallest absolute Gasteiger partial charge is 0.407 e. The Labute approximate surface area is 151 Å². The van der Waals surface area contributed by atoms with Crippen LogP contribution in [0.5, 0.6) is 0 Å². The van der Waals surface area contributed by atoms with Crippen molar-refractivity contribution in [3.8, 4) is 0 Å². The largest absolute Gasteiger partial charge is 0.456 e. The summed E-state index contributed by atoms with van der Waals surface area (Å²) in [5.74, 6) is -1.01. The Balaban J connectivity index is 2.22. The molecule has 0 aromatic heterocycles. The van der Waals surface area contributed by atoms with E-state index in [0.717, 1.165) is 4.90 Å². The van der Waals surface area contributed by atoms with Gasteiger partial charge in [0, 0.05) is 17.1 Å². The van der Waals surface area contributed by atoms with Crippen LogP contribution in [0.1, 0.15) is 27.2 Å². The standard InChI is InChI=1S/C17H24N2O5S/c1-17(2,3)24-16(22)18-10-9-15(21)23-11-14(20)19-12-5-7-13(25-4)8-6-12/h5-8H,9-11H2,1-4H3,(H,18,22)(H,19,20). The molecule has 1 rings (SSSR count). The summed E-state index contributed by atoms with van der Waals surface area (Å²) in [6.07, 6.45) is 1.31. The highest BCUT2D eigenvalue weighted by Gasteiger charge is 2.16. The van der Waals surface area contributed by atoms with Crippen LogP contribution in [0.15, 0.2) is 29.2 Å². The van der Waals surface area contributed by atoms with Gasteiger partial charge in [-0.25, -0.2) is 4.79 Å². The summed E-state index contributed by atoms with van der Waals surface area (Å²) < 4.78 is 9.89. The van der Waals surface area contributed by atoms with Crippen molar-refractivity contribution in [1.82, 2.24) is 5.32 Å². The van der Waals surface area contributed by atoms with E-state index in [0.29, 0.717) is 5.69 Å². The molecular weight excluding hydrogens is 344 g/mol. The van der Waals surface area contributed by atoms with Crippen LogP contribution in [0.2, 0.25) is 0 Å². The second-order valence-electron chi connectivity index (χ2n) is 6.12. The zero-order valence-electron chi connectivity index (χ0n) is 14.9. The third-order valence-corrected chi connectivity index (χ3v) is 3.48. The zero-order chi connectivity index (χ0) is 18.9. The monoisotopic (exact) mass is 368 g/mol. The molecule has 2 N–H and O–H groups in total. The van der Waals surface area contributed by atoms with Crippen molar-refractivity contribution in [2.45, 2.75) is 37.7 Å². The molecule has 0 spiro atoms. The summed E-state index contributed by atoms with van der Waals surface area (Å²) in [7, 11) is 0. The second-order valence-corrected chi connectivity index (χ2v) is 7.00. The average Bonchev–Trinajstić information content (AvgIpc) is 2.52. The molecule has 7 nitrogen and oxygen atoms in total. The molecule has 1 aromatic carbocycles. The van der Waals surface area contributed by atoms with Crippen LogP contribution < -0.4 is 10.6 Å². The van der Waals surface area contributed by atoms with E-state index in [4.69, 9.17) is 9.47 Å². The van der Waals surface area contributed by atoms with Crippen molar-refractivity contribution in [2.24, 2.45) is 0 Å². The van der Waals surface area contributed by atoms with Crippen LogP contribution in [0.3, 0.4) is 0 Å². The van der Waals surface area contributed by atoms with Crippen LogP contribution in [-0.2, 0) is 19.1 Å². The van der Waals surface area contributed by atoms with Gasteiger partial charge >= 0.3 is 12.1 Å². The van der Waals surface area contributed by atoms with Gasteiger partial charge in [0.1, 0.15) is 5.60 Å². The summed E-state index contributed by atoms with van der Waals surface area (Å²) >= 11 is 1.60. The summed E-state index contributed by atoms with van der Waals surface area (Å²) in [5.41, 5.74) is 0.0295. The molecule has 0 aliphatic heterocycles. The number of alkyl carbamates (subject to hydrolysis) is 1. The van der Waals surface area contributed by atoms with Crippen molar-refractivity contribution < 1.29 is 23.9 Å². The van der Waals surface area contributed by atoms with E-state index in [1.54, 1.807) is 44.7 Å². The number of thioether (sulfide) groups is 1. The second kappa shape index (κ2) is 9.93. The Morgan fingerprint density at radius 3 is 2.32 bits per heavy atom. The van der Waals surface area contributed by atoms with Gasteiger partial charge in [-0.3, -0.25) is 9.59 Å². The molecule has 0 fully saturated rings. The fraction of sp³-hybridized carbons (Fsp3) is 0.471. The summed E-state index contributed by atoms with van der Waals surface area (Å²) in [4.78, 5) is 35.8. The van der Waals surface area contributed by atoms with Gasteiger partial charge < -0.3 is 20.1 Å². The first-order chi connectivity index (χ1) is 11.7. The third kappa shape index (κ3) is 9.61. The van der Waals surface area contributed by atoms with Crippen LogP contribution in [0, 0.1) is 0 Å². The van der Waals surface area contributed by atoms with Crippen LogP contribution in [0.25, 0.3) is 0 Å². The minimum Gasteiger partial charge on any atom is -0.456 e. The molecule has 0 heterocycles. The van der Waals surface area contributed by atoms with Crippen LogP contribution in [-0.4, -0.2) is 43.0 Å². The Morgan fingerprint density at radius 2 is 1.76 bits per heavy atom. The fourth-order valence-corrected chi connectivity index (χ4v) is 2.08. The molecule has 0 aliphatic rings. The summed E-state index contributed by atoms with van der Waals surface area (Å²) in [5, 5.41) is 5.08. The summed E-state index contributed by atoms with van der Waals surface area (Å²) in [6, 6.07) is 7.32. The SMILES string of the molecule is CSc1ccc(NC(=O)COC(=O)CCNC(=O)OC(C)(C)C)cc1. The molecule has 8 heteroatoms. The molecule has 0 saturated carbocycles. The predicted molar refractivity (Wildman–Crippen MR) is 96.7 cm³/mol. The predicted octanol–water partition coefficient (Wildman–Crippen LogP) is 2.81. The highest BCUT2D eigenvalue weighted by atomic mass is 32.2. The molecule has 0 aliphatic carbocycles. The van der Waals surface area contributed by atoms with Gasteiger partial charge in [0.25, 0.3) is 5.91 Å².